The molecule has 1 unspecified atom stereocenters. The summed E-state index contributed by atoms with van der Waals surface area (Å²) in [6.45, 7) is 3.63. The zero-order valence-electron chi connectivity index (χ0n) is 12.2. The third kappa shape index (κ3) is 4.50. The number of rotatable bonds is 5. The zero-order chi connectivity index (χ0) is 15.2. The molecule has 0 aliphatic carbocycles. The minimum absolute atomic E-state index is 0.0723. The fraction of sp³-hybridized carbons (Fsp3) is 0.235. The molecule has 0 fully saturated rings. The van der Waals surface area contributed by atoms with Crippen molar-refractivity contribution in [1.29, 1.82) is 0 Å². The Hall–Kier alpha value is -2.00. The van der Waals surface area contributed by atoms with Crippen molar-refractivity contribution in [3.63, 3.8) is 0 Å². The quantitative estimate of drug-likeness (QED) is 0.828. The molecule has 2 aromatic rings. The highest BCUT2D eigenvalue weighted by molar-refractivity contribution is 6.30. The molecule has 2 aromatic carbocycles. The van der Waals surface area contributed by atoms with E-state index in [1.807, 2.05) is 48.5 Å². The molecule has 0 spiro atoms. The van der Waals surface area contributed by atoms with Crippen LogP contribution >= 0.6 is 11.6 Å². The van der Waals surface area contributed by atoms with Gasteiger partial charge in [-0.15, -0.1) is 0 Å². The number of anilines is 2. The average molecular weight is 303 g/mol. The van der Waals surface area contributed by atoms with E-state index in [1.165, 1.54) is 12.5 Å². The third-order valence-electron chi connectivity index (χ3n) is 3.20. The van der Waals surface area contributed by atoms with Gasteiger partial charge in [0, 0.05) is 23.3 Å². The van der Waals surface area contributed by atoms with Gasteiger partial charge in [0.1, 0.15) is 0 Å². The van der Waals surface area contributed by atoms with Gasteiger partial charge in [-0.25, -0.2) is 0 Å². The molecule has 0 radical (unpaired) electrons. The molecule has 0 aliphatic heterocycles. The molecule has 1 amide bonds. The summed E-state index contributed by atoms with van der Waals surface area (Å²) in [6.07, 6.45) is 0.950. The Labute approximate surface area is 130 Å². The second-order valence-electron chi connectivity index (χ2n) is 4.92. The summed E-state index contributed by atoms with van der Waals surface area (Å²) in [7, 11) is 0. The van der Waals surface area contributed by atoms with Gasteiger partial charge >= 0.3 is 0 Å². The SMILES string of the molecule is CCC(Nc1cccc(NC(C)=O)c1)c1ccc(Cl)cc1. The van der Waals surface area contributed by atoms with E-state index >= 15 is 0 Å². The van der Waals surface area contributed by atoms with Crippen molar-refractivity contribution in [3.8, 4) is 0 Å². The lowest BCUT2D eigenvalue weighted by molar-refractivity contribution is -0.114. The van der Waals surface area contributed by atoms with E-state index in [9.17, 15) is 4.79 Å². The largest absolute Gasteiger partial charge is 0.378 e. The van der Waals surface area contributed by atoms with Gasteiger partial charge in [-0.1, -0.05) is 36.7 Å². The normalized spacial score (nSPS) is 11.8. The summed E-state index contributed by atoms with van der Waals surface area (Å²) in [5.41, 5.74) is 2.95. The molecule has 3 nitrogen and oxygen atoms in total. The first-order valence-corrected chi connectivity index (χ1v) is 7.36. The highest BCUT2D eigenvalue weighted by atomic mass is 35.5. The van der Waals surface area contributed by atoms with Crippen molar-refractivity contribution >= 4 is 28.9 Å². The molecule has 2 rings (SSSR count). The van der Waals surface area contributed by atoms with Gasteiger partial charge in [-0.2, -0.15) is 0 Å². The maximum atomic E-state index is 11.1. The van der Waals surface area contributed by atoms with E-state index in [0.29, 0.717) is 0 Å². The summed E-state index contributed by atoms with van der Waals surface area (Å²) in [5, 5.41) is 7.01. The Morgan fingerprint density at radius 3 is 2.43 bits per heavy atom. The van der Waals surface area contributed by atoms with Crippen LogP contribution in [0.4, 0.5) is 11.4 Å². The Balaban J connectivity index is 2.14. The Kier molecular flexibility index (Phi) is 5.23. The van der Waals surface area contributed by atoms with Gasteiger partial charge in [0.2, 0.25) is 5.91 Å². The van der Waals surface area contributed by atoms with Crippen LogP contribution in [-0.4, -0.2) is 5.91 Å². The van der Waals surface area contributed by atoms with Crippen LogP contribution in [0.3, 0.4) is 0 Å². The first-order chi connectivity index (χ1) is 10.1. The minimum Gasteiger partial charge on any atom is -0.378 e. The van der Waals surface area contributed by atoms with Crippen LogP contribution in [0.2, 0.25) is 5.02 Å². The molecule has 0 heterocycles. The smallest absolute Gasteiger partial charge is 0.221 e. The van der Waals surface area contributed by atoms with Crippen LogP contribution in [0.5, 0.6) is 0 Å². The molecule has 0 saturated carbocycles. The van der Waals surface area contributed by atoms with E-state index in [4.69, 9.17) is 11.6 Å². The lowest BCUT2D eigenvalue weighted by Gasteiger charge is -2.19. The fourth-order valence-corrected chi connectivity index (χ4v) is 2.33. The summed E-state index contributed by atoms with van der Waals surface area (Å²) in [6, 6.07) is 15.8. The predicted molar refractivity (Wildman–Crippen MR) is 88.9 cm³/mol. The van der Waals surface area contributed by atoms with E-state index in [-0.39, 0.29) is 11.9 Å². The summed E-state index contributed by atoms with van der Waals surface area (Å²) < 4.78 is 0. The lowest BCUT2D eigenvalue weighted by atomic mass is 10.0. The van der Waals surface area contributed by atoms with Gasteiger partial charge in [-0.05, 0) is 42.3 Å². The number of hydrogen-bond acceptors (Lipinski definition) is 2. The van der Waals surface area contributed by atoms with Crippen molar-refractivity contribution in [2.24, 2.45) is 0 Å². The first kappa shape index (κ1) is 15.4. The fourth-order valence-electron chi connectivity index (χ4n) is 2.21. The summed E-state index contributed by atoms with van der Waals surface area (Å²) in [4.78, 5) is 11.1. The molecule has 0 aliphatic rings. The molecule has 0 saturated heterocycles. The molecular formula is C17H19ClN2O. The van der Waals surface area contributed by atoms with Crippen LogP contribution in [-0.2, 0) is 4.79 Å². The van der Waals surface area contributed by atoms with Crippen molar-refractivity contribution in [2.45, 2.75) is 26.3 Å². The van der Waals surface area contributed by atoms with Crippen LogP contribution < -0.4 is 10.6 Å². The van der Waals surface area contributed by atoms with Crippen molar-refractivity contribution < 1.29 is 4.79 Å². The van der Waals surface area contributed by atoms with E-state index in [0.717, 1.165) is 22.8 Å². The number of carbonyl (C=O) groups is 1. The molecule has 21 heavy (non-hydrogen) atoms. The van der Waals surface area contributed by atoms with Gasteiger partial charge < -0.3 is 10.6 Å². The van der Waals surface area contributed by atoms with Gasteiger partial charge in [-0.3, -0.25) is 4.79 Å². The van der Waals surface area contributed by atoms with Crippen LogP contribution in [0.15, 0.2) is 48.5 Å². The van der Waals surface area contributed by atoms with Crippen LogP contribution in [0.1, 0.15) is 31.9 Å². The molecule has 1 atom stereocenters. The maximum Gasteiger partial charge on any atom is 0.221 e. The number of amides is 1. The van der Waals surface area contributed by atoms with Crippen molar-refractivity contribution in [3.05, 3.63) is 59.1 Å². The highest BCUT2D eigenvalue weighted by Gasteiger charge is 2.09. The number of benzene rings is 2. The molecule has 0 bridgehead atoms. The predicted octanol–water partition coefficient (Wildman–Crippen LogP) is 4.86. The van der Waals surface area contributed by atoms with Crippen LogP contribution in [0.25, 0.3) is 0 Å². The van der Waals surface area contributed by atoms with E-state index in [2.05, 4.69) is 17.6 Å². The molecule has 2 N–H and O–H groups in total. The topological polar surface area (TPSA) is 41.1 Å². The number of hydrogen-bond donors (Lipinski definition) is 2. The monoisotopic (exact) mass is 302 g/mol. The van der Waals surface area contributed by atoms with Gasteiger partial charge in [0.25, 0.3) is 0 Å². The third-order valence-corrected chi connectivity index (χ3v) is 3.46. The second-order valence-corrected chi connectivity index (χ2v) is 5.36. The number of halogens is 1. The van der Waals surface area contributed by atoms with Crippen molar-refractivity contribution in [2.75, 3.05) is 10.6 Å². The number of carbonyl (C=O) groups excluding carboxylic acids is 1. The second kappa shape index (κ2) is 7.14. The lowest BCUT2D eigenvalue weighted by Crippen LogP contribution is -2.10. The molecule has 0 aromatic heterocycles. The number of nitrogens with one attached hydrogen (secondary N) is 2. The molecular weight excluding hydrogens is 284 g/mol. The highest BCUT2D eigenvalue weighted by Crippen LogP contribution is 2.25. The maximum absolute atomic E-state index is 11.1. The Morgan fingerprint density at radius 1 is 1.14 bits per heavy atom. The summed E-state index contributed by atoms with van der Waals surface area (Å²) >= 11 is 5.93. The van der Waals surface area contributed by atoms with E-state index < -0.39 is 0 Å². The standard InChI is InChI=1S/C17H19ClN2O/c1-3-17(13-7-9-14(18)10-8-13)20-16-6-4-5-15(11-16)19-12(2)21/h4-11,17,20H,3H2,1-2H3,(H,19,21). The minimum atomic E-state index is -0.0723. The summed E-state index contributed by atoms with van der Waals surface area (Å²) in [5.74, 6) is -0.0723. The zero-order valence-corrected chi connectivity index (χ0v) is 12.9. The first-order valence-electron chi connectivity index (χ1n) is 6.98. The van der Waals surface area contributed by atoms with E-state index in [1.54, 1.807) is 0 Å². The van der Waals surface area contributed by atoms with Crippen molar-refractivity contribution in [1.82, 2.24) is 0 Å². The molecule has 110 valence electrons. The van der Waals surface area contributed by atoms with Gasteiger partial charge in [0.05, 0.1) is 6.04 Å². The Morgan fingerprint density at radius 2 is 1.81 bits per heavy atom. The Bertz CT molecular complexity index is 610. The van der Waals surface area contributed by atoms with Crippen LogP contribution in [0, 0.1) is 0 Å². The van der Waals surface area contributed by atoms with Gasteiger partial charge in [0.15, 0.2) is 0 Å². The average Bonchev–Trinajstić information content (AvgIpc) is 2.45. The molecule has 4 heteroatoms.